The second-order valence-electron chi connectivity index (χ2n) is 3.08. The molecule has 0 unspecified atom stereocenters. The normalized spacial score (nSPS) is 18.5. The summed E-state index contributed by atoms with van der Waals surface area (Å²) in [6.45, 7) is -1.20. The third-order valence-electron chi connectivity index (χ3n) is 1.68. The third kappa shape index (κ3) is 5.59. The summed E-state index contributed by atoms with van der Waals surface area (Å²) in [6, 6.07) is 0. The predicted molar refractivity (Wildman–Crippen MR) is 47.0 cm³/mol. The fourth-order valence-corrected chi connectivity index (χ4v) is 1.13. The molecule has 0 aromatic heterocycles. The van der Waals surface area contributed by atoms with Crippen LogP contribution in [0.3, 0.4) is 0 Å². The highest BCUT2D eigenvalue weighted by atomic mass is 31.2. The molecule has 0 amide bonds. The van der Waals surface area contributed by atoms with Crippen LogP contribution >= 0.6 is 7.82 Å². The Hall–Kier alpha value is -0.480. The van der Waals surface area contributed by atoms with Crippen LogP contribution in [0, 0.1) is 0 Å². The van der Waals surface area contributed by atoms with Crippen LogP contribution in [0.4, 0.5) is 8.78 Å². The first-order chi connectivity index (χ1) is 7.51. The van der Waals surface area contributed by atoms with Crippen molar-refractivity contribution in [3.05, 3.63) is 0 Å². The van der Waals surface area contributed by atoms with E-state index in [1.807, 2.05) is 0 Å². The van der Waals surface area contributed by atoms with Crippen LogP contribution in [0.5, 0.6) is 0 Å². The van der Waals surface area contributed by atoms with Crippen molar-refractivity contribution in [1.29, 1.82) is 0 Å². The molecule has 0 radical (unpaired) electrons. The minimum absolute atomic E-state index is 0.933. The number of carbonyl (C=O) groups is 1. The monoisotopic (exact) mass is 280 g/mol. The molecule has 3 atom stereocenters. The molecule has 0 saturated carbocycles. The maximum absolute atomic E-state index is 12.5. The molecule has 8 nitrogen and oxygen atoms in total. The molecule has 0 bridgehead atoms. The summed E-state index contributed by atoms with van der Waals surface area (Å²) in [4.78, 5) is 26.3. The quantitative estimate of drug-likeness (QED) is 0.266. The largest absolute Gasteiger partial charge is 0.469 e. The van der Waals surface area contributed by atoms with Gasteiger partial charge in [-0.2, -0.15) is 8.78 Å². The smallest absolute Gasteiger partial charge is 0.388 e. The van der Waals surface area contributed by atoms with E-state index in [2.05, 4.69) is 4.52 Å². The summed E-state index contributed by atoms with van der Waals surface area (Å²) in [7, 11) is -4.95. The number of carbonyl (C=O) groups excluding carboxylic acids is 1. The van der Waals surface area contributed by atoms with Crippen LogP contribution in [0.15, 0.2) is 0 Å². The predicted octanol–water partition coefficient (Wildman–Crippen LogP) is -1.99. The lowest BCUT2D eigenvalue weighted by molar-refractivity contribution is -0.177. The van der Waals surface area contributed by atoms with Crippen LogP contribution < -0.4 is 0 Å². The molecule has 17 heavy (non-hydrogen) atoms. The Morgan fingerprint density at radius 3 is 2.12 bits per heavy atom. The number of phosphoric acid groups is 1. The number of hydrogen-bond donors (Lipinski definition) is 5. The Labute approximate surface area is 93.7 Å². The van der Waals surface area contributed by atoms with Gasteiger partial charge in [0.15, 0.2) is 12.4 Å². The third-order valence-corrected chi connectivity index (χ3v) is 2.17. The first-order valence-electron chi connectivity index (χ1n) is 4.09. The molecule has 0 aliphatic carbocycles. The van der Waals surface area contributed by atoms with E-state index in [-0.39, 0.29) is 0 Å². The molecule has 0 aromatic carbocycles. The van der Waals surface area contributed by atoms with Gasteiger partial charge in [0, 0.05) is 0 Å². The molecule has 0 spiro atoms. The zero-order chi connectivity index (χ0) is 13.9. The van der Waals surface area contributed by atoms with Gasteiger partial charge in [0.25, 0.3) is 0 Å². The van der Waals surface area contributed by atoms with Crippen molar-refractivity contribution in [2.24, 2.45) is 0 Å². The number of halogens is 2. The summed E-state index contributed by atoms with van der Waals surface area (Å²) in [5.41, 5.74) is 0. The van der Waals surface area contributed by atoms with Gasteiger partial charge in [-0.1, -0.05) is 0 Å². The van der Waals surface area contributed by atoms with Crippen molar-refractivity contribution < 1.29 is 47.8 Å². The molecular formula is C6H11F2O8P. The van der Waals surface area contributed by atoms with Gasteiger partial charge in [0.05, 0.1) is 6.61 Å². The summed E-state index contributed by atoms with van der Waals surface area (Å²) in [6.07, 6.45) is -8.57. The van der Waals surface area contributed by atoms with Gasteiger partial charge in [0.1, 0.15) is 12.2 Å². The number of aliphatic hydroxyl groups is 3. The standard InChI is InChI=1S/C6H11F2O8P/c7-6(8,2-9)5(12)4(11)3(10)1-16-17(13,14)15/h2-5,10-12H,1H2,(H2,13,14,15)/t3-,4-,5+/m1/s1. The van der Waals surface area contributed by atoms with E-state index in [4.69, 9.17) is 25.1 Å². The maximum atomic E-state index is 12.5. The molecule has 0 saturated heterocycles. The molecule has 0 heterocycles. The molecule has 102 valence electrons. The van der Waals surface area contributed by atoms with Crippen molar-refractivity contribution >= 4 is 14.1 Å². The minimum atomic E-state index is -4.95. The summed E-state index contributed by atoms with van der Waals surface area (Å²) < 4.78 is 39.0. The first kappa shape index (κ1) is 16.5. The van der Waals surface area contributed by atoms with Gasteiger partial charge in [-0.05, 0) is 0 Å². The lowest BCUT2D eigenvalue weighted by Gasteiger charge is -2.25. The van der Waals surface area contributed by atoms with Crippen LogP contribution in [-0.2, 0) is 13.9 Å². The summed E-state index contributed by atoms with van der Waals surface area (Å²) in [5.74, 6) is -4.30. The van der Waals surface area contributed by atoms with Gasteiger partial charge >= 0.3 is 13.7 Å². The number of aliphatic hydroxyl groups excluding tert-OH is 3. The number of hydrogen-bond acceptors (Lipinski definition) is 6. The van der Waals surface area contributed by atoms with Crippen LogP contribution in [-0.4, -0.2) is 62.2 Å². The SMILES string of the molecule is O=CC(F)(F)[C@@H](O)[C@H](O)[C@H](O)COP(=O)(O)O. The highest BCUT2D eigenvalue weighted by Crippen LogP contribution is 2.36. The van der Waals surface area contributed by atoms with Crippen LogP contribution in [0.2, 0.25) is 0 Å². The van der Waals surface area contributed by atoms with E-state index in [1.54, 1.807) is 0 Å². The molecule has 11 heteroatoms. The van der Waals surface area contributed by atoms with E-state index in [9.17, 15) is 18.1 Å². The molecule has 0 aliphatic heterocycles. The van der Waals surface area contributed by atoms with Crippen LogP contribution in [0.1, 0.15) is 0 Å². The Kier molecular flexibility index (Phi) is 5.75. The molecule has 5 N–H and O–H groups in total. The second-order valence-corrected chi connectivity index (χ2v) is 4.32. The maximum Gasteiger partial charge on any atom is 0.469 e. The van der Waals surface area contributed by atoms with Crippen molar-refractivity contribution in [3.63, 3.8) is 0 Å². The van der Waals surface area contributed by atoms with Gasteiger partial charge in [-0.15, -0.1) is 0 Å². The average molecular weight is 280 g/mol. The molecule has 0 fully saturated rings. The minimum Gasteiger partial charge on any atom is -0.388 e. The van der Waals surface area contributed by atoms with Gasteiger partial charge in [-0.3, -0.25) is 9.32 Å². The van der Waals surface area contributed by atoms with Gasteiger partial charge < -0.3 is 25.1 Å². The zero-order valence-electron chi connectivity index (χ0n) is 8.18. The molecular weight excluding hydrogens is 269 g/mol. The van der Waals surface area contributed by atoms with Crippen molar-refractivity contribution in [2.45, 2.75) is 24.2 Å². The Morgan fingerprint density at radius 2 is 1.76 bits per heavy atom. The molecule has 0 aromatic rings. The molecule has 0 aliphatic rings. The van der Waals surface area contributed by atoms with E-state index < -0.39 is 45.0 Å². The fraction of sp³-hybridized carbons (Fsp3) is 0.833. The Balaban J connectivity index is 4.45. The number of rotatable bonds is 7. The van der Waals surface area contributed by atoms with E-state index in [0.29, 0.717) is 0 Å². The van der Waals surface area contributed by atoms with Crippen LogP contribution in [0.25, 0.3) is 0 Å². The van der Waals surface area contributed by atoms with E-state index in [0.717, 1.165) is 0 Å². The highest BCUT2D eigenvalue weighted by Gasteiger charge is 2.45. The lowest BCUT2D eigenvalue weighted by Crippen LogP contribution is -2.50. The van der Waals surface area contributed by atoms with Crippen molar-refractivity contribution in [2.75, 3.05) is 6.61 Å². The number of aldehydes is 1. The second kappa shape index (κ2) is 5.91. The van der Waals surface area contributed by atoms with Gasteiger partial charge in [0.2, 0.25) is 0 Å². The number of alkyl halides is 2. The Morgan fingerprint density at radius 1 is 1.29 bits per heavy atom. The summed E-state index contributed by atoms with van der Waals surface area (Å²) in [5, 5.41) is 26.8. The lowest BCUT2D eigenvalue weighted by atomic mass is 10.0. The zero-order valence-corrected chi connectivity index (χ0v) is 9.07. The number of phosphoric ester groups is 1. The van der Waals surface area contributed by atoms with Crippen molar-refractivity contribution in [1.82, 2.24) is 0 Å². The summed E-state index contributed by atoms with van der Waals surface area (Å²) >= 11 is 0. The average Bonchev–Trinajstić information content (AvgIpc) is 2.22. The van der Waals surface area contributed by atoms with E-state index in [1.165, 1.54) is 0 Å². The molecule has 0 rings (SSSR count). The van der Waals surface area contributed by atoms with Crippen molar-refractivity contribution in [3.8, 4) is 0 Å². The van der Waals surface area contributed by atoms with Gasteiger partial charge in [-0.25, -0.2) is 4.57 Å². The Bertz CT molecular complexity index is 304. The first-order valence-corrected chi connectivity index (χ1v) is 5.62. The highest BCUT2D eigenvalue weighted by molar-refractivity contribution is 7.46. The van der Waals surface area contributed by atoms with E-state index >= 15 is 0 Å². The topological polar surface area (TPSA) is 145 Å². The fourth-order valence-electron chi connectivity index (χ4n) is 0.780.